The molecule has 2 aromatic rings. The van der Waals surface area contributed by atoms with Gasteiger partial charge in [-0.15, -0.1) is 0 Å². The Morgan fingerprint density at radius 1 is 1.44 bits per heavy atom. The second-order valence-corrected chi connectivity index (χ2v) is 3.94. The first-order valence-electron chi connectivity index (χ1n) is 5.06. The third kappa shape index (κ3) is 2.55. The molecule has 0 amide bonds. The average molecular weight is 263 g/mol. The molecule has 2 rings (SSSR count). The van der Waals surface area contributed by atoms with Crippen molar-refractivity contribution in [3.05, 3.63) is 46.6 Å². The van der Waals surface area contributed by atoms with Crippen molar-refractivity contribution in [3.63, 3.8) is 0 Å². The molecule has 90 valence electrons. The molecule has 1 heterocycles. The van der Waals surface area contributed by atoms with Crippen molar-refractivity contribution >= 4 is 23.1 Å². The largest absolute Gasteiger partial charge is 0.338 e. The van der Waals surface area contributed by atoms with Crippen LogP contribution in [0.4, 0.5) is 15.9 Å². The molecule has 1 aromatic heterocycles. The monoisotopic (exact) mass is 262 g/mol. The lowest BCUT2D eigenvalue weighted by atomic mass is 10.1. The van der Waals surface area contributed by atoms with E-state index in [1.54, 1.807) is 18.2 Å². The molecular weight excluding hydrogens is 255 g/mol. The van der Waals surface area contributed by atoms with Gasteiger partial charge in [0.1, 0.15) is 0 Å². The second-order valence-electron chi connectivity index (χ2n) is 3.60. The molecule has 0 fully saturated rings. The van der Waals surface area contributed by atoms with Gasteiger partial charge in [-0.05, 0) is 36.2 Å². The molecule has 6 heteroatoms. The third-order valence-electron chi connectivity index (χ3n) is 2.34. The zero-order chi connectivity index (χ0) is 13.1. The van der Waals surface area contributed by atoms with Gasteiger partial charge in [0.15, 0.2) is 11.6 Å². The summed E-state index contributed by atoms with van der Waals surface area (Å²) in [6.45, 7) is 1.82. The van der Waals surface area contributed by atoms with Gasteiger partial charge >= 0.3 is 0 Å². The highest BCUT2D eigenvalue weighted by molar-refractivity contribution is 6.28. The van der Waals surface area contributed by atoms with Gasteiger partial charge in [-0.2, -0.15) is 10.2 Å². The maximum absolute atomic E-state index is 13.4. The van der Waals surface area contributed by atoms with E-state index < -0.39 is 5.82 Å². The summed E-state index contributed by atoms with van der Waals surface area (Å²) in [5.41, 5.74) is 1.93. The van der Waals surface area contributed by atoms with Gasteiger partial charge in [-0.25, -0.2) is 9.37 Å². The average Bonchev–Trinajstić information content (AvgIpc) is 2.36. The molecule has 0 aliphatic carbocycles. The Morgan fingerprint density at radius 2 is 2.22 bits per heavy atom. The van der Waals surface area contributed by atoms with E-state index in [1.807, 2.05) is 6.92 Å². The SMILES string of the molecule is Cc1ccc(Nc2nc(Cl)ncc2F)cc1C#N. The van der Waals surface area contributed by atoms with Gasteiger partial charge < -0.3 is 5.32 Å². The zero-order valence-electron chi connectivity index (χ0n) is 9.41. The Kier molecular flexibility index (Phi) is 3.40. The van der Waals surface area contributed by atoms with Crippen LogP contribution in [0.3, 0.4) is 0 Å². The van der Waals surface area contributed by atoms with Crippen LogP contribution in [0.1, 0.15) is 11.1 Å². The number of nitrogens with zero attached hydrogens (tertiary/aromatic N) is 3. The summed E-state index contributed by atoms with van der Waals surface area (Å²) in [5, 5.41) is 11.6. The van der Waals surface area contributed by atoms with Gasteiger partial charge in [0.25, 0.3) is 0 Å². The molecule has 0 saturated carbocycles. The number of aromatic nitrogens is 2. The van der Waals surface area contributed by atoms with Crippen LogP contribution in [0.5, 0.6) is 0 Å². The topological polar surface area (TPSA) is 61.6 Å². The lowest BCUT2D eigenvalue weighted by Gasteiger charge is -2.07. The van der Waals surface area contributed by atoms with Crippen LogP contribution < -0.4 is 5.32 Å². The standard InChI is InChI=1S/C12H8ClFN4/c1-7-2-3-9(4-8(7)5-15)17-11-10(14)6-16-12(13)18-11/h2-4,6H,1H3,(H,16,17,18). The lowest BCUT2D eigenvalue weighted by Crippen LogP contribution is -1.99. The van der Waals surface area contributed by atoms with Crippen molar-refractivity contribution in [1.82, 2.24) is 9.97 Å². The van der Waals surface area contributed by atoms with E-state index in [-0.39, 0.29) is 11.1 Å². The summed E-state index contributed by atoms with van der Waals surface area (Å²) in [7, 11) is 0. The molecule has 0 radical (unpaired) electrons. The summed E-state index contributed by atoms with van der Waals surface area (Å²) >= 11 is 5.59. The van der Waals surface area contributed by atoms with E-state index in [4.69, 9.17) is 16.9 Å². The fourth-order valence-electron chi connectivity index (χ4n) is 1.39. The van der Waals surface area contributed by atoms with Gasteiger partial charge in [-0.3, -0.25) is 0 Å². The van der Waals surface area contributed by atoms with Crippen LogP contribution in [0.25, 0.3) is 0 Å². The second kappa shape index (κ2) is 4.98. The number of hydrogen-bond acceptors (Lipinski definition) is 4. The maximum Gasteiger partial charge on any atom is 0.224 e. The molecule has 18 heavy (non-hydrogen) atoms. The summed E-state index contributed by atoms with van der Waals surface area (Å²) in [4.78, 5) is 7.25. The van der Waals surface area contributed by atoms with Crippen LogP contribution in [0.15, 0.2) is 24.4 Å². The smallest absolute Gasteiger partial charge is 0.224 e. The number of nitrogens with one attached hydrogen (secondary N) is 1. The zero-order valence-corrected chi connectivity index (χ0v) is 10.2. The Bertz CT molecular complexity index is 636. The van der Waals surface area contributed by atoms with Crippen LogP contribution in [0, 0.1) is 24.1 Å². The number of halogens is 2. The Hall–Kier alpha value is -2.19. The summed E-state index contributed by atoms with van der Waals surface area (Å²) < 4.78 is 13.4. The highest BCUT2D eigenvalue weighted by Crippen LogP contribution is 2.20. The Balaban J connectivity index is 2.34. The minimum atomic E-state index is -0.613. The quantitative estimate of drug-likeness (QED) is 0.845. The first-order valence-corrected chi connectivity index (χ1v) is 5.44. The molecule has 1 aromatic carbocycles. The minimum Gasteiger partial charge on any atom is -0.338 e. The number of benzene rings is 1. The molecule has 0 bridgehead atoms. The fourth-order valence-corrected chi connectivity index (χ4v) is 1.52. The fraction of sp³-hybridized carbons (Fsp3) is 0.0833. The molecule has 4 nitrogen and oxygen atoms in total. The Labute approximate surface area is 108 Å². The van der Waals surface area contributed by atoms with Gasteiger partial charge in [0, 0.05) is 5.69 Å². The number of nitriles is 1. The molecule has 0 unspecified atom stereocenters. The first-order chi connectivity index (χ1) is 8.60. The Morgan fingerprint density at radius 3 is 2.94 bits per heavy atom. The van der Waals surface area contributed by atoms with Crippen molar-refractivity contribution < 1.29 is 4.39 Å². The predicted molar refractivity (Wildman–Crippen MR) is 66.2 cm³/mol. The highest BCUT2D eigenvalue weighted by Gasteiger charge is 2.07. The van der Waals surface area contributed by atoms with Crippen LogP contribution in [0.2, 0.25) is 5.28 Å². The maximum atomic E-state index is 13.4. The van der Waals surface area contributed by atoms with Crippen LogP contribution >= 0.6 is 11.6 Å². The summed E-state index contributed by atoms with van der Waals surface area (Å²) in [5.74, 6) is -0.638. The highest BCUT2D eigenvalue weighted by atomic mass is 35.5. The normalized spacial score (nSPS) is 9.89. The first kappa shape index (κ1) is 12.3. The van der Waals surface area contributed by atoms with Crippen molar-refractivity contribution in [3.8, 4) is 6.07 Å². The van der Waals surface area contributed by atoms with Crippen molar-refractivity contribution in [1.29, 1.82) is 5.26 Å². The predicted octanol–water partition coefficient (Wildman–Crippen LogP) is 3.19. The van der Waals surface area contributed by atoms with E-state index in [9.17, 15) is 4.39 Å². The molecule has 0 aliphatic rings. The lowest BCUT2D eigenvalue weighted by molar-refractivity contribution is 0.619. The van der Waals surface area contributed by atoms with Crippen LogP contribution in [-0.4, -0.2) is 9.97 Å². The molecule has 0 saturated heterocycles. The van der Waals surface area contributed by atoms with Crippen molar-refractivity contribution in [2.24, 2.45) is 0 Å². The molecule has 1 N–H and O–H groups in total. The number of anilines is 2. The summed E-state index contributed by atoms with van der Waals surface area (Å²) in [6, 6.07) is 7.16. The van der Waals surface area contributed by atoms with Gasteiger partial charge in [-0.1, -0.05) is 6.07 Å². The summed E-state index contributed by atoms with van der Waals surface area (Å²) in [6.07, 6.45) is 0.983. The van der Waals surface area contributed by atoms with E-state index in [0.717, 1.165) is 11.8 Å². The number of aryl methyl sites for hydroxylation is 1. The van der Waals surface area contributed by atoms with E-state index in [2.05, 4.69) is 21.4 Å². The molecule has 0 aliphatic heterocycles. The van der Waals surface area contributed by atoms with Gasteiger partial charge in [0.05, 0.1) is 17.8 Å². The van der Waals surface area contributed by atoms with Gasteiger partial charge in [0.2, 0.25) is 5.28 Å². The molecule has 0 atom stereocenters. The number of rotatable bonds is 2. The van der Waals surface area contributed by atoms with E-state index in [1.165, 1.54) is 0 Å². The van der Waals surface area contributed by atoms with Crippen LogP contribution in [-0.2, 0) is 0 Å². The van der Waals surface area contributed by atoms with Crippen molar-refractivity contribution in [2.75, 3.05) is 5.32 Å². The third-order valence-corrected chi connectivity index (χ3v) is 2.52. The minimum absolute atomic E-state index is 0.0252. The van der Waals surface area contributed by atoms with Crippen molar-refractivity contribution in [2.45, 2.75) is 6.92 Å². The number of hydrogen-bond donors (Lipinski definition) is 1. The van der Waals surface area contributed by atoms with E-state index in [0.29, 0.717) is 11.3 Å². The van der Waals surface area contributed by atoms with E-state index >= 15 is 0 Å². The molecular formula is C12H8ClFN4. The molecule has 0 spiro atoms.